The smallest absolute Gasteiger partial charge is 0.296 e. The molecule has 0 bridgehead atoms. The summed E-state index contributed by atoms with van der Waals surface area (Å²) in [6.45, 7) is 2.16. The van der Waals surface area contributed by atoms with Crippen LogP contribution < -0.4 is 5.73 Å². The normalized spacial score (nSPS) is 11.7. The van der Waals surface area contributed by atoms with Crippen LogP contribution in [0.2, 0.25) is 0 Å². The average Bonchev–Trinajstić information content (AvgIpc) is 2.29. The van der Waals surface area contributed by atoms with Gasteiger partial charge in [-0.3, -0.25) is 4.55 Å². The minimum absolute atomic E-state index is 0.0767. The van der Waals surface area contributed by atoms with Gasteiger partial charge in [-0.15, -0.1) is 11.8 Å². The summed E-state index contributed by atoms with van der Waals surface area (Å²) in [6, 6.07) is 4.71. The van der Waals surface area contributed by atoms with Crippen LogP contribution in [0.3, 0.4) is 0 Å². The Morgan fingerprint density at radius 2 is 2.00 bits per heavy atom. The molecule has 0 aliphatic carbocycles. The van der Waals surface area contributed by atoms with Gasteiger partial charge >= 0.3 is 0 Å². The molecule has 1 rings (SSSR count). The summed E-state index contributed by atoms with van der Waals surface area (Å²) in [5.74, 6) is 0.939. The first-order valence-corrected chi connectivity index (χ1v) is 8.37. The van der Waals surface area contributed by atoms with Gasteiger partial charge in [-0.2, -0.15) is 8.42 Å². The predicted octanol–water partition coefficient (Wildman–Crippen LogP) is 3.19. The molecule has 0 saturated carbocycles. The Morgan fingerprint density at radius 1 is 1.28 bits per heavy atom. The predicted molar refractivity (Wildman–Crippen MR) is 75.5 cm³/mol. The number of benzene rings is 1. The van der Waals surface area contributed by atoms with Crippen molar-refractivity contribution < 1.29 is 13.0 Å². The lowest BCUT2D eigenvalue weighted by Crippen LogP contribution is -2.03. The van der Waals surface area contributed by atoms with Crippen molar-refractivity contribution in [2.24, 2.45) is 0 Å². The monoisotopic (exact) mass is 289 g/mol. The number of nitrogen functional groups attached to an aromatic ring is 1. The number of nitrogens with two attached hydrogens (primary N) is 1. The molecule has 0 fully saturated rings. The van der Waals surface area contributed by atoms with E-state index in [-0.39, 0.29) is 10.6 Å². The standard InChI is InChI=1S/C12H19NO3S2/c1-2-3-4-5-8-17-10-6-7-11(13)12(9-10)18(14,15)16/h6-7,9H,2-5,8,13H2,1H3,(H,14,15,16). The number of hydrogen-bond acceptors (Lipinski definition) is 4. The third kappa shape index (κ3) is 4.88. The quantitative estimate of drug-likeness (QED) is 0.349. The molecule has 0 spiro atoms. The van der Waals surface area contributed by atoms with Crippen molar-refractivity contribution in [1.29, 1.82) is 0 Å². The Hall–Kier alpha value is -0.720. The first-order chi connectivity index (χ1) is 8.45. The van der Waals surface area contributed by atoms with Crippen molar-refractivity contribution in [3.05, 3.63) is 18.2 Å². The molecule has 4 nitrogen and oxygen atoms in total. The summed E-state index contributed by atoms with van der Waals surface area (Å²) in [6.07, 6.45) is 4.70. The third-order valence-electron chi connectivity index (χ3n) is 2.53. The maximum absolute atomic E-state index is 11.1. The van der Waals surface area contributed by atoms with E-state index in [0.717, 1.165) is 17.1 Å². The topological polar surface area (TPSA) is 80.4 Å². The molecule has 3 N–H and O–H groups in total. The number of hydrogen-bond donors (Lipinski definition) is 2. The number of rotatable bonds is 7. The van der Waals surface area contributed by atoms with Gasteiger partial charge in [0.25, 0.3) is 10.1 Å². The Labute approximate surface area is 113 Å². The summed E-state index contributed by atoms with van der Waals surface area (Å²) in [7, 11) is -4.23. The zero-order valence-electron chi connectivity index (χ0n) is 10.4. The van der Waals surface area contributed by atoms with E-state index in [9.17, 15) is 8.42 Å². The van der Waals surface area contributed by atoms with Crippen LogP contribution in [0.5, 0.6) is 0 Å². The van der Waals surface area contributed by atoms with Gasteiger partial charge in [0.1, 0.15) is 4.90 Å². The van der Waals surface area contributed by atoms with Gasteiger partial charge in [-0.25, -0.2) is 0 Å². The van der Waals surface area contributed by atoms with E-state index in [0.29, 0.717) is 0 Å². The fourth-order valence-electron chi connectivity index (χ4n) is 1.55. The molecule has 6 heteroatoms. The maximum atomic E-state index is 11.1. The molecule has 0 aliphatic rings. The van der Waals surface area contributed by atoms with Crippen LogP contribution in [0.15, 0.2) is 28.0 Å². The summed E-state index contributed by atoms with van der Waals surface area (Å²) in [5, 5.41) is 0. The highest BCUT2D eigenvalue weighted by molar-refractivity contribution is 7.99. The van der Waals surface area contributed by atoms with Crippen LogP contribution in [-0.2, 0) is 10.1 Å². The van der Waals surface area contributed by atoms with Crippen molar-refractivity contribution in [2.75, 3.05) is 11.5 Å². The Kier molecular flexibility index (Phi) is 5.98. The van der Waals surface area contributed by atoms with Gasteiger partial charge in [0.15, 0.2) is 0 Å². The zero-order valence-corrected chi connectivity index (χ0v) is 12.1. The van der Waals surface area contributed by atoms with Gasteiger partial charge in [0.2, 0.25) is 0 Å². The lowest BCUT2D eigenvalue weighted by Gasteiger charge is -2.06. The summed E-state index contributed by atoms with van der Waals surface area (Å²) in [5.41, 5.74) is 5.60. The lowest BCUT2D eigenvalue weighted by atomic mass is 10.2. The van der Waals surface area contributed by atoms with Crippen LogP contribution in [0.1, 0.15) is 32.6 Å². The van der Waals surface area contributed by atoms with E-state index >= 15 is 0 Å². The molecule has 0 saturated heterocycles. The van der Waals surface area contributed by atoms with Crippen molar-refractivity contribution in [2.45, 2.75) is 42.4 Å². The van der Waals surface area contributed by atoms with Crippen molar-refractivity contribution in [3.8, 4) is 0 Å². The van der Waals surface area contributed by atoms with E-state index < -0.39 is 10.1 Å². The highest BCUT2D eigenvalue weighted by Gasteiger charge is 2.14. The van der Waals surface area contributed by atoms with Gasteiger partial charge in [0, 0.05) is 4.90 Å². The van der Waals surface area contributed by atoms with Crippen molar-refractivity contribution in [1.82, 2.24) is 0 Å². The van der Waals surface area contributed by atoms with E-state index in [2.05, 4.69) is 6.92 Å². The lowest BCUT2D eigenvalue weighted by molar-refractivity contribution is 0.483. The van der Waals surface area contributed by atoms with E-state index in [4.69, 9.17) is 10.3 Å². The molecule has 0 aliphatic heterocycles. The van der Waals surface area contributed by atoms with Gasteiger partial charge in [-0.05, 0) is 30.4 Å². The van der Waals surface area contributed by atoms with Gasteiger partial charge in [-0.1, -0.05) is 26.2 Å². The minimum Gasteiger partial charge on any atom is -0.398 e. The molecule has 102 valence electrons. The molecule has 0 radical (unpaired) electrons. The second kappa shape index (κ2) is 7.01. The van der Waals surface area contributed by atoms with Crippen molar-refractivity contribution in [3.63, 3.8) is 0 Å². The molecule has 0 heterocycles. The highest BCUT2D eigenvalue weighted by atomic mass is 32.2. The average molecular weight is 289 g/mol. The van der Waals surface area contributed by atoms with Crippen LogP contribution in [0.4, 0.5) is 5.69 Å². The number of thioether (sulfide) groups is 1. The number of anilines is 1. The number of unbranched alkanes of at least 4 members (excludes halogenated alkanes) is 3. The minimum atomic E-state index is -4.23. The Morgan fingerprint density at radius 3 is 2.61 bits per heavy atom. The highest BCUT2D eigenvalue weighted by Crippen LogP contribution is 2.26. The maximum Gasteiger partial charge on any atom is 0.296 e. The summed E-state index contributed by atoms with van der Waals surface area (Å²) < 4.78 is 31.2. The second-order valence-electron chi connectivity index (χ2n) is 4.08. The zero-order chi connectivity index (χ0) is 13.6. The molecular formula is C12H19NO3S2. The molecule has 1 aromatic carbocycles. The van der Waals surface area contributed by atoms with Crippen LogP contribution in [-0.4, -0.2) is 18.7 Å². The summed E-state index contributed by atoms with van der Waals surface area (Å²) >= 11 is 1.58. The second-order valence-corrected chi connectivity index (χ2v) is 6.64. The molecule has 0 amide bonds. The molecule has 1 aromatic rings. The van der Waals surface area contributed by atoms with E-state index in [1.54, 1.807) is 17.8 Å². The molecule has 0 atom stereocenters. The van der Waals surface area contributed by atoms with E-state index in [1.165, 1.54) is 31.4 Å². The van der Waals surface area contributed by atoms with Gasteiger partial charge < -0.3 is 5.73 Å². The Balaban J connectivity index is 2.63. The molecular weight excluding hydrogens is 270 g/mol. The van der Waals surface area contributed by atoms with Crippen molar-refractivity contribution >= 4 is 27.6 Å². The molecule has 0 unspecified atom stereocenters. The fourth-order valence-corrected chi connectivity index (χ4v) is 3.21. The molecule has 0 aromatic heterocycles. The van der Waals surface area contributed by atoms with E-state index in [1.807, 2.05) is 0 Å². The fraction of sp³-hybridized carbons (Fsp3) is 0.500. The van der Waals surface area contributed by atoms with Crippen LogP contribution >= 0.6 is 11.8 Å². The first-order valence-electron chi connectivity index (χ1n) is 5.95. The third-order valence-corrected chi connectivity index (χ3v) is 4.52. The largest absolute Gasteiger partial charge is 0.398 e. The molecule has 18 heavy (non-hydrogen) atoms. The summed E-state index contributed by atoms with van der Waals surface area (Å²) in [4.78, 5) is 0.606. The Bertz CT molecular complexity index is 486. The van der Waals surface area contributed by atoms with Gasteiger partial charge in [0.05, 0.1) is 5.69 Å². The van der Waals surface area contributed by atoms with Crippen LogP contribution in [0.25, 0.3) is 0 Å². The van der Waals surface area contributed by atoms with Crippen LogP contribution in [0, 0.1) is 0 Å². The SMILES string of the molecule is CCCCCCSc1ccc(N)c(S(=O)(=O)O)c1. The first kappa shape index (κ1) is 15.3.